The lowest BCUT2D eigenvalue weighted by Gasteiger charge is -2.13. The molecular formula is C12H13F3O2. The Balaban J connectivity index is 2.18. The summed E-state index contributed by atoms with van der Waals surface area (Å²) in [5.41, 5.74) is 0.524. The molecule has 1 saturated carbocycles. The third-order valence-corrected chi connectivity index (χ3v) is 3.00. The van der Waals surface area contributed by atoms with E-state index in [0.717, 1.165) is 0 Å². The van der Waals surface area contributed by atoms with E-state index in [-0.39, 0.29) is 17.6 Å². The Bertz CT molecular complexity index is 401. The second-order valence-corrected chi connectivity index (χ2v) is 4.33. The molecule has 1 aliphatic carbocycles. The number of benzene rings is 1. The van der Waals surface area contributed by atoms with Crippen LogP contribution in [0.3, 0.4) is 0 Å². The summed E-state index contributed by atoms with van der Waals surface area (Å²) in [5, 5.41) is 9.38. The largest absolute Gasteiger partial charge is 0.573 e. The van der Waals surface area contributed by atoms with E-state index in [2.05, 4.69) is 4.74 Å². The maximum atomic E-state index is 12.2. The van der Waals surface area contributed by atoms with Crippen LogP contribution >= 0.6 is 0 Å². The van der Waals surface area contributed by atoms with Crippen LogP contribution in [0.4, 0.5) is 13.2 Å². The summed E-state index contributed by atoms with van der Waals surface area (Å²) < 4.78 is 40.5. The number of para-hydroxylation sites is 1. The van der Waals surface area contributed by atoms with Gasteiger partial charge in [0.2, 0.25) is 0 Å². The van der Waals surface area contributed by atoms with Crippen molar-refractivity contribution >= 4 is 0 Å². The molecule has 1 fully saturated rings. The van der Waals surface area contributed by atoms with Gasteiger partial charge in [0.1, 0.15) is 5.75 Å². The average Bonchev–Trinajstić information content (AvgIpc) is 2.95. The molecule has 1 N–H and O–H groups in total. The average molecular weight is 246 g/mol. The summed E-state index contributed by atoms with van der Waals surface area (Å²) in [6.45, 7) is 1.65. The Morgan fingerprint density at radius 3 is 2.53 bits per heavy atom. The molecule has 0 aromatic heterocycles. The molecule has 0 heterocycles. The van der Waals surface area contributed by atoms with Gasteiger partial charge in [-0.1, -0.05) is 18.2 Å². The number of alkyl halides is 3. The molecule has 1 aromatic rings. The van der Waals surface area contributed by atoms with E-state index in [1.807, 2.05) is 0 Å². The molecule has 0 aliphatic heterocycles. The zero-order valence-electron chi connectivity index (χ0n) is 9.24. The summed E-state index contributed by atoms with van der Waals surface area (Å²) in [4.78, 5) is 0. The van der Waals surface area contributed by atoms with Crippen molar-refractivity contribution in [3.63, 3.8) is 0 Å². The number of halogens is 3. The third kappa shape index (κ3) is 2.91. The number of hydrogen-bond donors (Lipinski definition) is 1. The van der Waals surface area contributed by atoms with Gasteiger partial charge in [0, 0.05) is 0 Å². The van der Waals surface area contributed by atoms with Gasteiger partial charge in [-0.2, -0.15) is 0 Å². The van der Waals surface area contributed by atoms with E-state index in [0.29, 0.717) is 12.0 Å². The van der Waals surface area contributed by atoms with Crippen molar-refractivity contribution in [3.05, 3.63) is 29.8 Å². The van der Waals surface area contributed by atoms with Crippen LogP contribution in [0.1, 0.15) is 24.8 Å². The molecular weight excluding hydrogens is 233 g/mol. The van der Waals surface area contributed by atoms with Crippen LogP contribution in [0.15, 0.2) is 24.3 Å². The van der Waals surface area contributed by atoms with Crippen LogP contribution in [0, 0.1) is 5.92 Å². The fraction of sp³-hybridized carbons (Fsp3) is 0.500. The normalized spacial score (nSPS) is 25.5. The number of rotatable bonds is 3. The second-order valence-electron chi connectivity index (χ2n) is 4.33. The van der Waals surface area contributed by atoms with Crippen molar-refractivity contribution in [2.24, 2.45) is 5.92 Å². The predicted molar refractivity (Wildman–Crippen MR) is 55.7 cm³/mol. The highest BCUT2D eigenvalue weighted by atomic mass is 19.4. The topological polar surface area (TPSA) is 29.5 Å². The SMILES string of the molecule is CC(O)C1CC1c1ccccc1OC(F)(F)F. The first-order chi connectivity index (χ1) is 7.88. The summed E-state index contributed by atoms with van der Waals surface area (Å²) in [5.74, 6) is -0.158. The molecule has 0 spiro atoms. The van der Waals surface area contributed by atoms with Crippen LogP contribution in [0.25, 0.3) is 0 Å². The first-order valence-corrected chi connectivity index (χ1v) is 5.41. The molecule has 1 aromatic carbocycles. The van der Waals surface area contributed by atoms with Gasteiger partial charge in [0.15, 0.2) is 0 Å². The van der Waals surface area contributed by atoms with Gasteiger partial charge in [-0.3, -0.25) is 0 Å². The molecule has 0 radical (unpaired) electrons. The summed E-state index contributed by atoms with van der Waals surface area (Å²) in [6, 6.07) is 6.11. The standard InChI is InChI=1S/C12H13F3O2/c1-7(16)9-6-10(9)8-4-2-3-5-11(8)17-12(13,14)15/h2-5,7,9-10,16H,6H2,1H3. The summed E-state index contributed by atoms with van der Waals surface area (Å²) in [6.07, 6.45) is -4.47. The van der Waals surface area contributed by atoms with Crippen LogP contribution in [-0.4, -0.2) is 17.6 Å². The number of ether oxygens (including phenoxy) is 1. The fourth-order valence-electron chi connectivity index (χ4n) is 2.11. The Hall–Kier alpha value is -1.23. The van der Waals surface area contributed by atoms with Gasteiger partial charge in [-0.15, -0.1) is 13.2 Å². The Morgan fingerprint density at radius 2 is 2.00 bits per heavy atom. The monoisotopic (exact) mass is 246 g/mol. The van der Waals surface area contributed by atoms with Crippen molar-refractivity contribution in [2.75, 3.05) is 0 Å². The Kier molecular flexibility index (Phi) is 3.03. The van der Waals surface area contributed by atoms with E-state index in [1.165, 1.54) is 12.1 Å². The van der Waals surface area contributed by atoms with E-state index >= 15 is 0 Å². The number of aliphatic hydroxyl groups excluding tert-OH is 1. The minimum Gasteiger partial charge on any atom is -0.405 e. The van der Waals surface area contributed by atoms with Gasteiger partial charge in [-0.05, 0) is 36.8 Å². The van der Waals surface area contributed by atoms with Crippen LogP contribution < -0.4 is 4.74 Å². The minimum atomic E-state index is -4.68. The molecule has 0 saturated heterocycles. The number of aliphatic hydroxyl groups is 1. The molecule has 3 unspecified atom stereocenters. The highest BCUT2D eigenvalue weighted by Gasteiger charge is 2.44. The van der Waals surface area contributed by atoms with Gasteiger partial charge >= 0.3 is 6.36 Å². The molecule has 0 bridgehead atoms. The highest BCUT2D eigenvalue weighted by Crippen LogP contribution is 2.52. The molecule has 5 heteroatoms. The number of hydrogen-bond acceptors (Lipinski definition) is 2. The van der Waals surface area contributed by atoms with E-state index < -0.39 is 12.5 Å². The van der Waals surface area contributed by atoms with E-state index in [4.69, 9.17) is 0 Å². The van der Waals surface area contributed by atoms with Gasteiger partial charge in [0.25, 0.3) is 0 Å². The van der Waals surface area contributed by atoms with Gasteiger partial charge < -0.3 is 9.84 Å². The van der Waals surface area contributed by atoms with E-state index in [9.17, 15) is 18.3 Å². The zero-order chi connectivity index (χ0) is 12.6. The first kappa shape index (κ1) is 12.2. The lowest BCUT2D eigenvalue weighted by molar-refractivity contribution is -0.274. The Morgan fingerprint density at radius 1 is 1.35 bits per heavy atom. The minimum absolute atomic E-state index is 0.0338. The predicted octanol–water partition coefficient (Wildman–Crippen LogP) is 3.07. The Labute approximate surface area is 97.0 Å². The zero-order valence-corrected chi connectivity index (χ0v) is 9.24. The van der Waals surface area contributed by atoms with Gasteiger partial charge in [0.05, 0.1) is 6.10 Å². The smallest absolute Gasteiger partial charge is 0.405 e. The van der Waals surface area contributed by atoms with Crippen LogP contribution in [0.5, 0.6) is 5.75 Å². The quantitative estimate of drug-likeness (QED) is 0.888. The first-order valence-electron chi connectivity index (χ1n) is 5.41. The molecule has 2 rings (SSSR count). The lowest BCUT2D eigenvalue weighted by atomic mass is 10.1. The molecule has 3 atom stereocenters. The maximum Gasteiger partial charge on any atom is 0.573 e. The molecule has 1 aliphatic rings. The van der Waals surface area contributed by atoms with Crippen molar-refractivity contribution in [3.8, 4) is 5.75 Å². The lowest BCUT2D eigenvalue weighted by Crippen LogP contribution is -2.18. The van der Waals surface area contributed by atoms with E-state index in [1.54, 1.807) is 19.1 Å². The van der Waals surface area contributed by atoms with Crippen LogP contribution in [-0.2, 0) is 0 Å². The molecule has 94 valence electrons. The maximum absolute atomic E-state index is 12.2. The molecule has 17 heavy (non-hydrogen) atoms. The van der Waals surface area contributed by atoms with Crippen LogP contribution in [0.2, 0.25) is 0 Å². The molecule has 2 nitrogen and oxygen atoms in total. The van der Waals surface area contributed by atoms with Crippen molar-refractivity contribution in [1.82, 2.24) is 0 Å². The van der Waals surface area contributed by atoms with Crippen molar-refractivity contribution in [1.29, 1.82) is 0 Å². The fourth-order valence-corrected chi connectivity index (χ4v) is 2.11. The second kappa shape index (κ2) is 4.22. The van der Waals surface area contributed by atoms with Crippen molar-refractivity contribution in [2.45, 2.75) is 31.7 Å². The van der Waals surface area contributed by atoms with Crippen molar-refractivity contribution < 1.29 is 23.0 Å². The third-order valence-electron chi connectivity index (χ3n) is 3.00. The highest BCUT2D eigenvalue weighted by molar-refractivity contribution is 5.40. The summed E-state index contributed by atoms with van der Waals surface area (Å²) in [7, 11) is 0. The summed E-state index contributed by atoms with van der Waals surface area (Å²) >= 11 is 0. The van der Waals surface area contributed by atoms with Gasteiger partial charge in [-0.25, -0.2) is 0 Å². The molecule has 0 amide bonds.